The molecule has 0 N–H and O–H groups in total. The third-order valence-corrected chi connectivity index (χ3v) is 1.89. The molecule has 0 heterocycles. The molecule has 1 aromatic carbocycles. The highest BCUT2D eigenvalue weighted by molar-refractivity contribution is 5.94. The predicted octanol–water partition coefficient (Wildman–Crippen LogP) is 2.07. The Hall–Kier alpha value is -2.06. The number of Topliss-reactive ketones (excluding diaryl/α,β-unsaturated/α-hetero) is 1. The Morgan fingerprint density at radius 3 is 2.64 bits per heavy atom. The average molecular weight is 183 g/mol. The number of carbonyl (C=O) groups is 1. The number of rotatable bonds is 1. The molecule has 0 spiro atoms. The van der Waals surface area contributed by atoms with Gasteiger partial charge in [0, 0.05) is 17.0 Å². The molecule has 68 valence electrons. The number of carbonyl (C=O) groups excluding carboxylic acids is 1. The predicted molar refractivity (Wildman–Crippen MR) is 53.7 cm³/mol. The van der Waals surface area contributed by atoms with E-state index >= 15 is 0 Å². The Morgan fingerprint density at radius 1 is 1.43 bits per heavy atom. The van der Waals surface area contributed by atoms with Crippen molar-refractivity contribution in [3.8, 4) is 17.9 Å². The van der Waals surface area contributed by atoms with Gasteiger partial charge in [-0.05, 0) is 31.5 Å². The van der Waals surface area contributed by atoms with E-state index in [-0.39, 0.29) is 5.78 Å². The van der Waals surface area contributed by atoms with Crippen molar-refractivity contribution >= 4 is 5.78 Å². The first kappa shape index (κ1) is 10.0. The minimum Gasteiger partial charge on any atom is -0.295 e. The maximum Gasteiger partial charge on any atom is 0.159 e. The summed E-state index contributed by atoms with van der Waals surface area (Å²) in [6, 6.07) is 7.01. The number of nitrogens with zero attached hydrogens (tertiary/aromatic N) is 1. The lowest BCUT2D eigenvalue weighted by molar-refractivity contribution is 0.101. The van der Waals surface area contributed by atoms with Crippen molar-refractivity contribution in [2.24, 2.45) is 0 Å². The highest BCUT2D eigenvalue weighted by atomic mass is 16.1. The lowest BCUT2D eigenvalue weighted by Gasteiger charge is -2.00. The molecule has 0 aromatic heterocycles. The SMILES string of the molecule is CC(=O)c1ccc(C#CC#N)c(C)c1. The molecule has 0 aliphatic heterocycles. The molecule has 14 heavy (non-hydrogen) atoms. The van der Waals surface area contributed by atoms with Crippen LogP contribution in [-0.4, -0.2) is 5.78 Å². The van der Waals surface area contributed by atoms with Crippen LogP contribution in [0, 0.1) is 30.1 Å². The first-order chi connectivity index (χ1) is 6.65. The summed E-state index contributed by atoms with van der Waals surface area (Å²) < 4.78 is 0. The van der Waals surface area contributed by atoms with E-state index in [2.05, 4.69) is 11.8 Å². The summed E-state index contributed by atoms with van der Waals surface area (Å²) >= 11 is 0. The van der Waals surface area contributed by atoms with Crippen LogP contribution in [0.3, 0.4) is 0 Å². The van der Waals surface area contributed by atoms with Gasteiger partial charge in [-0.15, -0.1) is 0 Å². The molecular formula is C12H9NO. The van der Waals surface area contributed by atoms with Gasteiger partial charge in [-0.25, -0.2) is 0 Å². The van der Waals surface area contributed by atoms with E-state index in [1.54, 1.807) is 24.3 Å². The van der Waals surface area contributed by atoms with Crippen molar-refractivity contribution in [1.29, 1.82) is 5.26 Å². The Kier molecular flexibility index (Phi) is 3.05. The molecule has 0 radical (unpaired) electrons. The summed E-state index contributed by atoms with van der Waals surface area (Å²) in [6.07, 6.45) is 0. The third-order valence-electron chi connectivity index (χ3n) is 1.89. The Morgan fingerprint density at radius 2 is 2.14 bits per heavy atom. The molecule has 2 heteroatoms. The molecule has 0 amide bonds. The monoisotopic (exact) mass is 183 g/mol. The van der Waals surface area contributed by atoms with Crippen LogP contribution in [0.2, 0.25) is 0 Å². The number of nitriles is 1. The first-order valence-electron chi connectivity index (χ1n) is 4.17. The second-order valence-electron chi connectivity index (χ2n) is 2.95. The zero-order chi connectivity index (χ0) is 10.6. The quantitative estimate of drug-likeness (QED) is 0.494. The Bertz CT molecular complexity index is 469. The van der Waals surface area contributed by atoms with Crippen LogP contribution in [0.25, 0.3) is 0 Å². The van der Waals surface area contributed by atoms with Gasteiger partial charge in [-0.1, -0.05) is 12.0 Å². The molecule has 0 aliphatic carbocycles. The number of hydrogen-bond acceptors (Lipinski definition) is 2. The van der Waals surface area contributed by atoms with E-state index in [1.165, 1.54) is 6.92 Å². The van der Waals surface area contributed by atoms with Gasteiger partial charge in [0.2, 0.25) is 0 Å². The molecule has 0 bridgehead atoms. The minimum atomic E-state index is 0.0351. The van der Waals surface area contributed by atoms with Gasteiger partial charge in [-0.3, -0.25) is 4.79 Å². The fourth-order valence-electron chi connectivity index (χ4n) is 1.12. The lowest BCUT2D eigenvalue weighted by atomic mass is 10.0. The van der Waals surface area contributed by atoms with Gasteiger partial charge in [0.15, 0.2) is 11.9 Å². The highest BCUT2D eigenvalue weighted by Crippen LogP contribution is 2.10. The van der Waals surface area contributed by atoms with Crippen LogP contribution in [0.4, 0.5) is 0 Å². The van der Waals surface area contributed by atoms with Crippen molar-refractivity contribution in [1.82, 2.24) is 0 Å². The molecule has 0 saturated carbocycles. The van der Waals surface area contributed by atoms with Crippen molar-refractivity contribution in [3.63, 3.8) is 0 Å². The van der Waals surface area contributed by atoms with Crippen LogP contribution < -0.4 is 0 Å². The largest absolute Gasteiger partial charge is 0.295 e. The molecule has 0 fully saturated rings. The fraction of sp³-hybridized carbons (Fsp3) is 0.167. The molecule has 0 saturated heterocycles. The van der Waals surface area contributed by atoms with Crippen LogP contribution in [0.1, 0.15) is 28.4 Å². The normalized spacial score (nSPS) is 8.36. The van der Waals surface area contributed by atoms with E-state index < -0.39 is 0 Å². The number of benzene rings is 1. The van der Waals surface area contributed by atoms with Crippen molar-refractivity contribution < 1.29 is 4.79 Å². The third kappa shape index (κ3) is 2.21. The maximum absolute atomic E-state index is 11.0. The van der Waals surface area contributed by atoms with E-state index in [1.807, 2.05) is 6.92 Å². The second-order valence-corrected chi connectivity index (χ2v) is 2.95. The van der Waals surface area contributed by atoms with Crippen LogP contribution in [0.15, 0.2) is 18.2 Å². The fourth-order valence-corrected chi connectivity index (χ4v) is 1.12. The number of aryl methyl sites for hydroxylation is 1. The van der Waals surface area contributed by atoms with E-state index in [4.69, 9.17) is 5.26 Å². The Balaban J connectivity index is 3.15. The molecule has 0 unspecified atom stereocenters. The molecule has 0 atom stereocenters. The van der Waals surface area contributed by atoms with Crippen molar-refractivity contribution in [2.75, 3.05) is 0 Å². The summed E-state index contributed by atoms with van der Waals surface area (Å²) in [5, 5.41) is 8.28. The molecule has 1 aromatic rings. The van der Waals surface area contributed by atoms with Crippen molar-refractivity contribution in [3.05, 3.63) is 34.9 Å². The zero-order valence-corrected chi connectivity index (χ0v) is 8.09. The van der Waals surface area contributed by atoms with Crippen LogP contribution in [0.5, 0.6) is 0 Å². The van der Waals surface area contributed by atoms with E-state index in [0.717, 1.165) is 11.1 Å². The van der Waals surface area contributed by atoms with Crippen LogP contribution >= 0.6 is 0 Å². The summed E-state index contributed by atoms with van der Waals surface area (Å²) in [5.41, 5.74) is 2.38. The summed E-state index contributed by atoms with van der Waals surface area (Å²) in [6.45, 7) is 3.39. The molecule has 0 aliphatic rings. The highest BCUT2D eigenvalue weighted by Gasteiger charge is 2.01. The smallest absolute Gasteiger partial charge is 0.159 e. The summed E-state index contributed by atoms with van der Waals surface area (Å²) in [4.78, 5) is 11.0. The zero-order valence-electron chi connectivity index (χ0n) is 8.09. The van der Waals surface area contributed by atoms with Crippen molar-refractivity contribution in [2.45, 2.75) is 13.8 Å². The Labute approximate surface area is 83.2 Å². The average Bonchev–Trinajstić information content (AvgIpc) is 2.15. The lowest BCUT2D eigenvalue weighted by Crippen LogP contribution is -1.93. The summed E-state index contributed by atoms with van der Waals surface area (Å²) in [7, 11) is 0. The second kappa shape index (κ2) is 4.25. The van der Waals surface area contributed by atoms with Gasteiger partial charge in [0.25, 0.3) is 0 Å². The van der Waals surface area contributed by atoms with Gasteiger partial charge in [-0.2, -0.15) is 5.26 Å². The van der Waals surface area contributed by atoms with Gasteiger partial charge < -0.3 is 0 Å². The standard InChI is InChI=1S/C12H9NO/c1-9-8-12(10(2)14)6-5-11(9)4-3-7-13/h5-6,8H,1-2H3. The van der Waals surface area contributed by atoms with Gasteiger partial charge in [0.1, 0.15) is 0 Å². The number of hydrogen-bond donors (Lipinski definition) is 0. The van der Waals surface area contributed by atoms with Crippen LogP contribution in [-0.2, 0) is 0 Å². The molecular weight excluding hydrogens is 174 g/mol. The first-order valence-corrected chi connectivity index (χ1v) is 4.17. The van der Waals surface area contributed by atoms with E-state index in [9.17, 15) is 4.79 Å². The molecule has 2 nitrogen and oxygen atoms in total. The maximum atomic E-state index is 11.0. The topological polar surface area (TPSA) is 40.9 Å². The molecule has 1 rings (SSSR count). The minimum absolute atomic E-state index is 0.0351. The summed E-state index contributed by atoms with van der Waals surface area (Å²) in [5.74, 6) is 5.07. The van der Waals surface area contributed by atoms with Gasteiger partial charge in [0.05, 0.1) is 0 Å². The number of ketones is 1. The van der Waals surface area contributed by atoms with Gasteiger partial charge >= 0.3 is 0 Å². The van der Waals surface area contributed by atoms with E-state index in [0.29, 0.717) is 5.56 Å².